The van der Waals surface area contributed by atoms with Crippen LogP contribution in [-0.4, -0.2) is 6.61 Å². The molecule has 0 amide bonds. The smallest absolute Gasteiger partial charge is 0.200 e. The van der Waals surface area contributed by atoms with E-state index in [-0.39, 0.29) is 18.2 Å². The number of aryl methyl sites for hydroxylation is 2. The van der Waals surface area contributed by atoms with Crippen molar-refractivity contribution < 1.29 is 17.9 Å². The van der Waals surface area contributed by atoms with E-state index in [4.69, 9.17) is 4.74 Å². The SMILES string of the molecule is CCOc1ccc(CCc2ccc(-c3ccc(-c4ccc(C=C(C)F)cc4)cc3)cc2)c(F)c1F. The Labute approximate surface area is 204 Å². The molecule has 0 saturated heterocycles. The first-order valence-corrected chi connectivity index (χ1v) is 11.7. The summed E-state index contributed by atoms with van der Waals surface area (Å²) in [6.45, 7) is 3.45. The van der Waals surface area contributed by atoms with Crippen LogP contribution in [0.4, 0.5) is 13.2 Å². The molecule has 0 aliphatic rings. The van der Waals surface area contributed by atoms with Crippen LogP contribution >= 0.6 is 0 Å². The van der Waals surface area contributed by atoms with Crippen molar-refractivity contribution in [3.63, 3.8) is 0 Å². The number of hydrogen-bond donors (Lipinski definition) is 0. The van der Waals surface area contributed by atoms with Crippen molar-refractivity contribution in [2.45, 2.75) is 26.7 Å². The second-order valence-electron chi connectivity index (χ2n) is 8.41. The zero-order valence-corrected chi connectivity index (χ0v) is 19.8. The average Bonchev–Trinajstić information content (AvgIpc) is 2.87. The Hall–Kier alpha value is -3.79. The van der Waals surface area contributed by atoms with Gasteiger partial charge in [-0.25, -0.2) is 8.78 Å². The molecule has 35 heavy (non-hydrogen) atoms. The van der Waals surface area contributed by atoms with Gasteiger partial charge in [-0.05, 0) is 77.8 Å². The van der Waals surface area contributed by atoms with Crippen molar-refractivity contribution in [3.8, 4) is 28.0 Å². The summed E-state index contributed by atoms with van der Waals surface area (Å²) in [5.74, 6) is -2.03. The predicted molar refractivity (Wildman–Crippen MR) is 137 cm³/mol. The van der Waals surface area contributed by atoms with E-state index in [0.29, 0.717) is 18.4 Å². The first-order valence-electron chi connectivity index (χ1n) is 11.7. The summed E-state index contributed by atoms with van der Waals surface area (Å²) >= 11 is 0. The Morgan fingerprint density at radius 1 is 0.686 bits per heavy atom. The zero-order valence-electron chi connectivity index (χ0n) is 19.8. The molecule has 0 radical (unpaired) electrons. The normalized spacial score (nSPS) is 11.5. The van der Waals surface area contributed by atoms with Crippen LogP contribution in [0, 0.1) is 11.6 Å². The Morgan fingerprint density at radius 3 is 1.71 bits per heavy atom. The first kappa shape index (κ1) is 24.3. The number of ether oxygens (including phenoxy) is 1. The van der Waals surface area contributed by atoms with Crippen LogP contribution in [0.15, 0.2) is 90.8 Å². The number of benzene rings is 4. The van der Waals surface area contributed by atoms with Crippen molar-refractivity contribution in [1.29, 1.82) is 0 Å². The molecule has 4 rings (SSSR count). The van der Waals surface area contributed by atoms with E-state index in [0.717, 1.165) is 33.4 Å². The summed E-state index contributed by atoms with van der Waals surface area (Å²) in [6, 6.07) is 27.2. The highest BCUT2D eigenvalue weighted by Crippen LogP contribution is 2.27. The fraction of sp³-hybridized carbons (Fsp3) is 0.161. The van der Waals surface area contributed by atoms with Gasteiger partial charge in [0.15, 0.2) is 11.6 Å². The second-order valence-corrected chi connectivity index (χ2v) is 8.41. The average molecular weight is 473 g/mol. The molecular weight excluding hydrogens is 445 g/mol. The van der Waals surface area contributed by atoms with Gasteiger partial charge in [0.05, 0.1) is 12.4 Å². The molecule has 0 heterocycles. The van der Waals surface area contributed by atoms with E-state index in [1.807, 2.05) is 48.5 Å². The van der Waals surface area contributed by atoms with E-state index in [2.05, 4.69) is 24.3 Å². The Morgan fingerprint density at radius 2 is 1.20 bits per heavy atom. The van der Waals surface area contributed by atoms with Gasteiger partial charge in [-0.1, -0.05) is 78.9 Å². The molecular formula is C31H27F3O. The number of halogens is 3. The lowest BCUT2D eigenvalue weighted by Gasteiger charge is -2.10. The van der Waals surface area contributed by atoms with Gasteiger partial charge >= 0.3 is 0 Å². The highest BCUT2D eigenvalue weighted by molar-refractivity contribution is 5.71. The summed E-state index contributed by atoms with van der Waals surface area (Å²) in [7, 11) is 0. The van der Waals surface area contributed by atoms with Crippen LogP contribution in [0.2, 0.25) is 0 Å². The highest BCUT2D eigenvalue weighted by atomic mass is 19.2. The van der Waals surface area contributed by atoms with Gasteiger partial charge in [-0.2, -0.15) is 4.39 Å². The Bertz CT molecular complexity index is 1300. The van der Waals surface area contributed by atoms with Crippen LogP contribution in [0.5, 0.6) is 5.75 Å². The minimum atomic E-state index is -0.925. The maximum atomic E-state index is 14.3. The molecule has 0 N–H and O–H groups in total. The topological polar surface area (TPSA) is 9.23 Å². The summed E-state index contributed by atoms with van der Waals surface area (Å²) in [5.41, 5.74) is 6.55. The molecule has 0 unspecified atom stereocenters. The molecule has 4 heteroatoms. The van der Waals surface area contributed by atoms with Crippen LogP contribution < -0.4 is 4.74 Å². The Balaban J connectivity index is 1.41. The molecule has 0 fully saturated rings. The molecule has 4 aromatic rings. The minimum absolute atomic E-state index is 0.0508. The first-order chi connectivity index (χ1) is 16.9. The summed E-state index contributed by atoms with van der Waals surface area (Å²) in [5, 5.41) is 0. The van der Waals surface area contributed by atoms with Gasteiger partial charge in [-0.3, -0.25) is 0 Å². The van der Waals surface area contributed by atoms with Gasteiger partial charge in [0.25, 0.3) is 0 Å². The molecule has 0 spiro atoms. The quantitative estimate of drug-likeness (QED) is 0.249. The molecule has 0 saturated carbocycles. The third-order valence-electron chi connectivity index (χ3n) is 5.89. The van der Waals surface area contributed by atoms with E-state index in [9.17, 15) is 13.2 Å². The van der Waals surface area contributed by atoms with Crippen LogP contribution in [0.3, 0.4) is 0 Å². The van der Waals surface area contributed by atoms with Gasteiger partial charge in [0.2, 0.25) is 5.82 Å². The molecule has 1 nitrogen and oxygen atoms in total. The van der Waals surface area contributed by atoms with Crippen molar-refractivity contribution in [1.82, 2.24) is 0 Å². The predicted octanol–water partition coefficient (Wildman–Crippen LogP) is 8.81. The summed E-state index contributed by atoms with van der Waals surface area (Å²) in [4.78, 5) is 0. The van der Waals surface area contributed by atoms with E-state index < -0.39 is 11.6 Å². The lowest BCUT2D eigenvalue weighted by molar-refractivity contribution is 0.313. The third-order valence-corrected chi connectivity index (χ3v) is 5.89. The van der Waals surface area contributed by atoms with Gasteiger partial charge < -0.3 is 4.74 Å². The molecule has 178 valence electrons. The van der Waals surface area contributed by atoms with Crippen molar-refractivity contribution in [2.75, 3.05) is 6.61 Å². The number of allylic oxidation sites excluding steroid dienone is 1. The maximum absolute atomic E-state index is 14.3. The molecule has 0 aliphatic carbocycles. The van der Waals surface area contributed by atoms with E-state index in [1.54, 1.807) is 13.0 Å². The summed E-state index contributed by atoms with van der Waals surface area (Å²) in [6.07, 6.45) is 2.52. The lowest BCUT2D eigenvalue weighted by Crippen LogP contribution is -2.02. The van der Waals surface area contributed by atoms with Crippen LogP contribution in [0.25, 0.3) is 28.3 Å². The fourth-order valence-electron chi connectivity index (χ4n) is 4.03. The van der Waals surface area contributed by atoms with Crippen LogP contribution in [0.1, 0.15) is 30.5 Å². The van der Waals surface area contributed by atoms with Crippen LogP contribution in [-0.2, 0) is 12.8 Å². The molecule has 4 aromatic carbocycles. The second kappa shape index (κ2) is 11.1. The highest BCUT2D eigenvalue weighted by Gasteiger charge is 2.14. The molecule has 0 atom stereocenters. The maximum Gasteiger partial charge on any atom is 0.200 e. The standard InChI is InChI=1S/C31H27F3O/c1-3-35-29-19-18-28(30(33)31(29)34)13-6-22-4-9-24(10-5-22)26-14-16-27(17-15-26)25-11-7-23(8-12-25)20-21(2)32/h4-5,7-12,14-20H,3,6,13H2,1-2H3. The monoisotopic (exact) mass is 472 g/mol. The number of rotatable bonds is 8. The zero-order chi connectivity index (χ0) is 24.8. The third kappa shape index (κ3) is 6.02. The van der Waals surface area contributed by atoms with E-state index >= 15 is 0 Å². The minimum Gasteiger partial charge on any atom is -0.491 e. The lowest BCUT2D eigenvalue weighted by atomic mass is 9.97. The van der Waals surface area contributed by atoms with E-state index in [1.165, 1.54) is 19.1 Å². The van der Waals surface area contributed by atoms with Crippen molar-refractivity contribution in [3.05, 3.63) is 119 Å². The molecule has 0 bridgehead atoms. The largest absolute Gasteiger partial charge is 0.491 e. The van der Waals surface area contributed by atoms with Crippen molar-refractivity contribution >= 4 is 6.08 Å². The molecule has 0 aromatic heterocycles. The van der Waals surface area contributed by atoms with Crippen molar-refractivity contribution in [2.24, 2.45) is 0 Å². The fourth-order valence-corrected chi connectivity index (χ4v) is 4.03. The van der Waals surface area contributed by atoms with Gasteiger partial charge in [0, 0.05) is 0 Å². The molecule has 0 aliphatic heterocycles. The van der Waals surface area contributed by atoms with Gasteiger partial charge in [0.1, 0.15) is 0 Å². The Kier molecular flexibility index (Phi) is 7.71. The van der Waals surface area contributed by atoms with Gasteiger partial charge in [-0.15, -0.1) is 0 Å². The number of hydrogen-bond acceptors (Lipinski definition) is 1. The summed E-state index contributed by atoms with van der Waals surface area (Å²) < 4.78 is 46.6.